The molecule has 0 radical (unpaired) electrons. The molecule has 0 aliphatic carbocycles. The fraction of sp³-hybridized carbons (Fsp3) is 0. The molecule has 5 aromatic carbocycles. The van der Waals surface area contributed by atoms with Gasteiger partial charge in [-0.25, -0.2) is 15.0 Å². The number of benzene rings is 5. The van der Waals surface area contributed by atoms with Crippen LogP contribution in [-0.4, -0.2) is 15.0 Å². The fourth-order valence-electron chi connectivity index (χ4n) is 5.24. The van der Waals surface area contributed by atoms with E-state index in [0.717, 1.165) is 21.2 Å². The minimum Gasteiger partial charge on any atom is -0.208 e. The second-order valence-corrected chi connectivity index (χ2v) is 12.4. The van der Waals surface area contributed by atoms with E-state index in [-0.39, 0.29) is 0 Å². The molecular formula is C33H18BrN3S2. The third kappa shape index (κ3) is 3.79. The maximum absolute atomic E-state index is 5.16. The number of halogens is 1. The van der Waals surface area contributed by atoms with Gasteiger partial charge in [-0.05, 0) is 36.4 Å². The lowest BCUT2D eigenvalue weighted by Crippen LogP contribution is -2.00. The summed E-state index contributed by atoms with van der Waals surface area (Å²) in [5.74, 6) is 2.04. The standard InChI is InChI=1S/C33H18BrN3S2/c34-20-16-17-27-25(18-20)29-23(12-7-15-28(29)38-27)32-35-31(19-8-2-1-3-9-19)36-33(37-32)24-13-6-11-22-21-10-4-5-14-26(21)39-30(22)24/h1-18H. The van der Waals surface area contributed by atoms with Crippen LogP contribution in [0.5, 0.6) is 0 Å². The molecule has 0 unspecified atom stereocenters. The lowest BCUT2D eigenvalue weighted by molar-refractivity contribution is 1.08. The van der Waals surface area contributed by atoms with E-state index in [2.05, 4.69) is 107 Å². The predicted octanol–water partition coefficient (Wildman–Crippen LogP) is 10.4. The van der Waals surface area contributed by atoms with E-state index in [1.807, 2.05) is 18.2 Å². The second-order valence-electron chi connectivity index (χ2n) is 9.37. The van der Waals surface area contributed by atoms with Crippen LogP contribution in [0.15, 0.2) is 114 Å². The Morgan fingerprint density at radius 1 is 0.487 bits per heavy atom. The second kappa shape index (κ2) is 9.06. The van der Waals surface area contributed by atoms with E-state index in [1.54, 1.807) is 22.7 Å². The van der Waals surface area contributed by atoms with Crippen LogP contribution in [0.1, 0.15) is 0 Å². The molecule has 8 aromatic rings. The van der Waals surface area contributed by atoms with Gasteiger partial charge in [-0.2, -0.15) is 0 Å². The zero-order valence-electron chi connectivity index (χ0n) is 20.4. The number of hydrogen-bond donors (Lipinski definition) is 0. The molecule has 3 nitrogen and oxygen atoms in total. The van der Waals surface area contributed by atoms with Gasteiger partial charge in [0.1, 0.15) is 0 Å². The molecule has 184 valence electrons. The maximum atomic E-state index is 5.16. The SMILES string of the molecule is Brc1ccc2sc3cccc(-c4nc(-c5ccccc5)nc(-c5cccc6c5sc5ccccc56)n4)c3c2c1. The largest absolute Gasteiger partial charge is 0.208 e. The van der Waals surface area contributed by atoms with Crippen molar-refractivity contribution in [3.8, 4) is 34.2 Å². The lowest BCUT2D eigenvalue weighted by Gasteiger charge is -2.10. The van der Waals surface area contributed by atoms with E-state index >= 15 is 0 Å². The Morgan fingerprint density at radius 2 is 1.15 bits per heavy atom. The molecule has 0 bridgehead atoms. The zero-order chi connectivity index (χ0) is 25.9. The van der Waals surface area contributed by atoms with Crippen molar-refractivity contribution in [3.63, 3.8) is 0 Å². The molecule has 0 aliphatic heterocycles. The first-order chi connectivity index (χ1) is 19.2. The van der Waals surface area contributed by atoms with Crippen LogP contribution in [-0.2, 0) is 0 Å². The zero-order valence-corrected chi connectivity index (χ0v) is 23.6. The van der Waals surface area contributed by atoms with Crippen molar-refractivity contribution in [3.05, 3.63) is 114 Å². The van der Waals surface area contributed by atoms with Gasteiger partial charge in [0.25, 0.3) is 0 Å². The van der Waals surface area contributed by atoms with Crippen LogP contribution in [0.25, 0.3) is 74.5 Å². The Kier molecular flexibility index (Phi) is 5.33. The summed E-state index contributed by atoms with van der Waals surface area (Å²) in [5, 5.41) is 4.87. The molecule has 0 atom stereocenters. The topological polar surface area (TPSA) is 38.7 Å². The molecule has 0 amide bonds. The predicted molar refractivity (Wildman–Crippen MR) is 170 cm³/mol. The van der Waals surface area contributed by atoms with Crippen LogP contribution in [0.2, 0.25) is 0 Å². The van der Waals surface area contributed by atoms with Crippen molar-refractivity contribution in [2.24, 2.45) is 0 Å². The van der Waals surface area contributed by atoms with Crippen molar-refractivity contribution in [2.75, 3.05) is 0 Å². The van der Waals surface area contributed by atoms with E-state index in [1.165, 1.54) is 40.3 Å². The normalized spacial score (nSPS) is 11.7. The highest BCUT2D eigenvalue weighted by Gasteiger charge is 2.19. The van der Waals surface area contributed by atoms with Gasteiger partial charge in [0.2, 0.25) is 0 Å². The van der Waals surface area contributed by atoms with E-state index in [9.17, 15) is 0 Å². The van der Waals surface area contributed by atoms with Crippen LogP contribution >= 0.6 is 38.6 Å². The molecule has 0 saturated carbocycles. The molecule has 0 aliphatic rings. The molecular weight excluding hydrogens is 582 g/mol. The van der Waals surface area contributed by atoms with Gasteiger partial charge < -0.3 is 0 Å². The first-order valence-electron chi connectivity index (χ1n) is 12.6. The molecule has 39 heavy (non-hydrogen) atoms. The molecule has 0 spiro atoms. The number of aromatic nitrogens is 3. The van der Waals surface area contributed by atoms with Crippen LogP contribution in [0, 0.1) is 0 Å². The van der Waals surface area contributed by atoms with Gasteiger partial charge in [0.15, 0.2) is 17.5 Å². The van der Waals surface area contributed by atoms with Crippen molar-refractivity contribution < 1.29 is 0 Å². The highest BCUT2D eigenvalue weighted by molar-refractivity contribution is 9.10. The van der Waals surface area contributed by atoms with Gasteiger partial charge in [-0.3, -0.25) is 0 Å². The van der Waals surface area contributed by atoms with Gasteiger partial charge in [0.05, 0.1) is 0 Å². The smallest absolute Gasteiger partial charge is 0.165 e. The lowest BCUT2D eigenvalue weighted by atomic mass is 10.1. The molecule has 6 heteroatoms. The van der Waals surface area contributed by atoms with Gasteiger partial charge in [0, 0.05) is 61.5 Å². The molecule has 0 fully saturated rings. The third-order valence-electron chi connectivity index (χ3n) is 7.01. The number of rotatable bonds is 3. The number of nitrogens with zero attached hydrogens (tertiary/aromatic N) is 3. The Bertz CT molecular complexity index is 2200. The van der Waals surface area contributed by atoms with E-state index in [0.29, 0.717) is 17.5 Å². The summed E-state index contributed by atoms with van der Waals surface area (Å²) in [4.78, 5) is 15.3. The Morgan fingerprint density at radius 3 is 2.05 bits per heavy atom. The average molecular weight is 601 g/mol. The van der Waals surface area contributed by atoms with Gasteiger partial charge in [-0.1, -0.05) is 88.7 Å². The summed E-state index contributed by atoms with van der Waals surface area (Å²) >= 11 is 7.25. The summed E-state index contributed by atoms with van der Waals surface area (Å²) in [6.45, 7) is 0. The minimum absolute atomic E-state index is 0.673. The number of fused-ring (bicyclic) bond motifs is 6. The third-order valence-corrected chi connectivity index (χ3v) is 9.86. The maximum Gasteiger partial charge on any atom is 0.165 e. The van der Waals surface area contributed by atoms with Crippen molar-refractivity contribution in [1.82, 2.24) is 15.0 Å². The van der Waals surface area contributed by atoms with Gasteiger partial charge >= 0.3 is 0 Å². The first-order valence-corrected chi connectivity index (χ1v) is 15.0. The monoisotopic (exact) mass is 599 g/mol. The van der Waals surface area contributed by atoms with Crippen molar-refractivity contribution >= 4 is 78.9 Å². The number of hydrogen-bond acceptors (Lipinski definition) is 5. The van der Waals surface area contributed by atoms with Gasteiger partial charge in [-0.15, -0.1) is 22.7 Å². The van der Waals surface area contributed by atoms with Crippen molar-refractivity contribution in [2.45, 2.75) is 0 Å². The molecule has 0 saturated heterocycles. The minimum atomic E-state index is 0.673. The summed E-state index contributed by atoms with van der Waals surface area (Å²) < 4.78 is 5.97. The van der Waals surface area contributed by atoms with E-state index in [4.69, 9.17) is 15.0 Å². The highest BCUT2D eigenvalue weighted by Crippen LogP contribution is 2.42. The molecule has 0 N–H and O–H groups in total. The summed E-state index contributed by atoms with van der Waals surface area (Å²) in [6, 6.07) is 38.0. The Balaban J connectivity index is 1.44. The average Bonchev–Trinajstić information content (AvgIpc) is 3.55. The van der Waals surface area contributed by atoms with Crippen LogP contribution in [0.3, 0.4) is 0 Å². The fourth-order valence-corrected chi connectivity index (χ4v) is 7.93. The Labute approximate surface area is 240 Å². The summed E-state index contributed by atoms with van der Waals surface area (Å²) in [7, 11) is 0. The summed E-state index contributed by atoms with van der Waals surface area (Å²) in [5.41, 5.74) is 3.01. The molecule has 8 rings (SSSR count). The first kappa shape index (κ1) is 23.0. The van der Waals surface area contributed by atoms with E-state index < -0.39 is 0 Å². The highest BCUT2D eigenvalue weighted by atomic mass is 79.9. The number of thiophene rings is 2. The van der Waals surface area contributed by atoms with Crippen LogP contribution < -0.4 is 0 Å². The molecule has 3 heterocycles. The summed E-state index contributed by atoms with van der Waals surface area (Å²) in [6.07, 6.45) is 0. The Hall–Kier alpha value is -3.97. The van der Waals surface area contributed by atoms with Crippen LogP contribution in [0.4, 0.5) is 0 Å². The quantitative estimate of drug-likeness (QED) is 0.203. The molecule has 3 aromatic heterocycles. The van der Waals surface area contributed by atoms with Crippen molar-refractivity contribution in [1.29, 1.82) is 0 Å².